The third-order valence-corrected chi connectivity index (χ3v) is 3.52. The molecule has 0 radical (unpaired) electrons. The molecule has 130 valence electrons. The van der Waals surface area contributed by atoms with Crippen molar-refractivity contribution in [1.29, 1.82) is 0 Å². The Balaban J connectivity index is 1.66. The normalized spacial score (nSPS) is 10.2. The third kappa shape index (κ3) is 4.18. The highest BCUT2D eigenvalue weighted by atomic mass is 16.5. The average Bonchev–Trinajstić information content (AvgIpc) is 2.64. The number of hydrogen-bond donors (Lipinski definition) is 2. The van der Waals surface area contributed by atoms with Crippen LogP contribution < -0.4 is 20.9 Å². The van der Waals surface area contributed by atoms with E-state index in [1.165, 1.54) is 24.3 Å². The lowest BCUT2D eigenvalue weighted by Gasteiger charge is -2.07. The summed E-state index contributed by atoms with van der Waals surface area (Å²) in [7, 11) is 0. The van der Waals surface area contributed by atoms with E-state index >= 15 is 0 Å². The minimum atomic E-state index is -0.547. The van der Waals surface area contributed by atoms with Gasteiger partial charge in [0.25, 0.3) is 0 Å². The molecule has 0 spiro atoms. The van der Waals surface area contributed by atoms with Crippen molar-refractivity contribution in [2.45, 2.75) is 0 Å². The van der Waals surface area contributed by atoms with Gasteiger partial charge in [0, 0.05) is 17.4 Å². The van der Waals surface area contributed by atoms with Gasteiger partial charge in [-0.15, -0.1) is 0 Å². The molecule has 0 fully saturated rings. The van der Waals surface area contributed by atoms with Crippen LogP contribution in [0.3, 0.4) is 0 Å². The molecule has 0 saturated carbocycles. The first-order valence-electron chi connectivity index (χ1n) is 7.77. The van der Waals surface area contributed by atoms with Gasteiger partial charge in [0.05, 0.1) is 11.1 Å². The first-order valence-corrected chi connectivity index (χ1v) is 7.77. The van der Waals surface area contributed by atoms with Crippen LogP contribution in [-0.2, 0) is 0 Å². The summed E-state index contributed by atoms with van der Waals surface area (Å²) in [4.78, 5) is 24.3. The summed E-state index contributed by atoms with van der Waals surface area (Å²) in [6, 6.07) is 19.0. The summed E-state index contributed by atoms with van der Waals surface area (Å²) >= 11 is 0. The maximum atomic E-state index is 12.1. The van der Waals surface area contributed by atoms with E-state index < -0.39 is 11.9 Å². The van der Waals surface area contributed by atoms with Crippen LogP contribution in [0.5, 0.6) is 11.5 Å². The van der Waals surface area contributed by atoms with E-state index in [1.807, 2.05) is 0 Å². The molecular weight excluding hydrogens is 332 g/mol. The topological polar surface area (TPSA) is 105 Å². The molecule has 0 unspecified atom stereocenters. The Bertz CT molecular complexity index is 935. The molecular formula is C20H16N2O4. The van der Waals surface area contributed by atoms with Crippen LogP contribution in [0.15, 0.2) is 72.8 Å². The predicted octanol–water partition coefficient (Wildman–Crippen LogP) is 3.29. The first-order chi connectivity index (χ1) is 12.5. The molecule has 0 saturated heterocycles. The maximum absolute atomic E-state index is 12.1. The highest BCUT2D eigenvalue weighted by Gasteiger charge is 2.12. The van der Waals surface area contributed by atoms with Gasteiger partial charge in [-0.3, -0.25) is 0 Å². The van der Waals surface area contributed by atoms with Crippen LogP contribution in [0.25, 0.3) is 0 Å². The maximum Gasteiger partial charge on any atom is 0.343 e. The van der Waals surface area contributed by atoms with Crippen molar-refractivity contribution in [3.05, 3.63) is 83.9 Å². The zero-order chi connectivity index (χ0) is 18.5. The van der Waals surface area contributed by atoms with Gasteiger partial charge in [0.15, 0.2) is 0 Å². The second kappa shape index (κ2) is 7.40. The van der Waals surface area contributed by atoms with Crippen LogP contribution in [0.4, 0.5) is 11.4 Å². The summed E-state index contributed by atoms with van der Waals surface area (Å²) in [5.41, 5.74) is 12.9. The Hall–Kier alpha value is -3.80. The molecule has 6 heteroatoms. The van der Waals surface area contributed by atoms with Crippen LogP contribution in [0.1, 0.15) is 20.7 Å². The Kier molecular flexibility index (Phi) is 4.85. The number of carbonyl (C=O) groups is 2. The largest absolute Gasteiger partial charge is 0.423 e. The number of carbonyl (C=O) groups excluding carboxylic acids is 2. The van der Waals surface area contributed by atoms with Gasteiger partial charge in [-0.25, -0.2) is 9.59 Å². The van der Waals surface area contributed by atoms with Gasteiger partial charge < -0.3 is 20.9 Å². The Morgan fingerprint density at radius 2 is 1.15 bits per heavy atom. The van der Waals surface area contributed by atoms with Crippen molar-refractivity contribution in [2.24, 2.45) is 0 Å². The second-order valence-corrected chi connectivity index (χ2v) is 5.50. The van der Waals surface area contributed by atoms with E-state index in [0.717, 1.165) is 0 Å². The fraction of sp³-hybridized carbons (Fsp3) is 0. The van der Waals surface area contributed by atoms with E-state index in [4.69, 9.17) is 20.9 Å². The molecule has 0 atom stereocenters. The highest BCUT2D eigenvalue weighted by Crippen LogP contribution is 2.18. The summed E-state index contributed by atoms with van der Waals surface area (Å²) in [5, 5.41) is 0. The minimum absolute atomic E-state index is 0.302. The monoisotopic (exact) mass is 348 g/mol. The first kappa shape index (κ1) is 17.0. The fourth-order valence-corrected chi connectivity index (χ4v) is 2.19. The molecule has 6 nitrogen and oxygen atoms in total. The molecule has 0 heterocycles. The molecule has 0 aromatic heterocycles. The summed E-state index contributed by atoms with van der Waals surface area (Å²) in [5.74, 6) is -0.351. The standard InChI is InChI=1S/C20H16N2O4/c21-15-8-10-17(11-9-15)25-19(23)13-4-6-14(7-5-13)20(24)26-18-3-1-2-16(22)12-18/h1-12H,21-22H2. The number of hydrogen-bond acceptors (Lipinski definition) is 6. The van der Waals surface area contributed by atoms with Crippen molar-refractivity contribution < 1.29 is 19.1 Å². The van der Waals surface area contributed by atoms with E-state index in [1.54, 1.807) is 48.5 Å². The zero-order valence-electron chi connectivity index (χ0n) is 13.7. The van der Waals surface area contributed by atoms with Crippen molar-refractivity contribution in [3.8, 4) is 11.5 Å². The molecule has 0 aliphatic heterocycles. The molecule has 26 heavy (non-hydrogen) atoms. The Labute approximate surface area is 150 Å². The average molecular weight is 348 g/mol. The van der Waals surface area contributed by atoms with E-state index in [2.05, 4.69) is 0 Å². The highest BCUT2D eigenvalue weighted by molar-refractivity contribution is 5.94. The zero-order valence-corrected chi connectivity index (χ0v) is 13.7. The number of rotatable bonds is 4. The number of benzene rings is 3. The van der Waals surface area contributed by atoms with E-state index in [-0.39, 0.29) is 0 Å². The van der Waals surface area contributed by atoms with E-state index in [9.17, 15) is 9.59 Å². The summed E-state index contributed by atoms with van der Waals surface area (Å²) < 4.78 is 10.5. The van der Waals surface area contributed by atoms with E-state index in [0.29, 0.717) is 34.0 Å². The summed E-state index contributed by atoms with van der Waals surface area (Å²) in [6.45, 7) is 0. The quantitative estimate of drug-likeness (QED) is 0.426. The molecule has 3 aromatic rings. The van der Waals surface area contributed by atoms with Crippen molar-refractivity contribution in [3.63, 3.8) is 0 Å². The number of nitrogens with two attached hydrogens (primary N) is 2. The molecule has 0 aliphatic rings. The van der Waals surface area contributed by atoms with Gasteiger partial charge in [0.2, 0.25) is 0 Å². The lowest BCUT2D eigenvalue weighted by molar-refractivity contribution is 0.0720. The second-order valence-electron chi connectivity index (χ2n) is 5.50. The molecule has 4 N–H and O–H groups in total. The van der Waals surface area contributed by atoms with Crippen LogP contribution >= 0.6 is 0 Å². The fourth-order valence-electron chi connectivity index (χ4n) is 2.19. The predicted molar refractivity (Wildman–Crippen MR) is 98.1 cm³/mol. The van der Waals surface area contributed by atoms with Gasteiger partial charge in [0.1, 0.15) is 11.5 Å². The lowest BCUT2D eigenvalue weighted by Crippen LogP contribution is -2.11. The minimum Gasteiger partial charge on any atom is -0.423 e. The number of nitrogen functional groups attached to an aromatic ring is 2. The third-order valence-electron chi connectivity index (χ3n) is 3.52. The van der Waals surface area contributed by atoms with Gasteiger partial charge >= 0.3 is 11.9 Å². The van der Waals surface area contributed by atoms with Crippen molar-refractivity contribution >= 4 is 23.3 Å². The smallest absolute Gasteiger partial charge is 0.343 e. The van der Waals surface area contributed by atoms with Gasteiger partial charge in [-0.05, 0) is 60.7 Å². The number of anilines is 2. The molecule has 3 aromatic carbocycles. The number of esters is 2. The van der Waals surface area contributed by atoms with Crippen molar-refractivity contribution in [1.82, 2.24) is 0 Å². The van der Waals surface area contributed by atoms with Crippen LogP contribution in [0, 0.1) is 0 Å². The van der Waals surface area contributed by atoms with Crippen LogP contribution in [-0.4, -0.2) is 11.9 Å². The Morgan fingerprint density at radius 1 is 0.615 bits per heavy atom. The molecule has 0 aliphatic carbocycles. The Morgan fingerprint density at radius 3 is 1.69 bits per heavy atom. The SMILES string of the molecule is Nc1ccc(OC(=O)c2ccc(C(=O)Oc3cccc(N)c3)cc2)cc1. The van der Waals surface area contributed by atoms with Gasteiger partial charge in [-0.1, -0.05) is 6.07 Å². The van der Waals surface area contributed by atoms with Gasteiger partial charge in [-0.2, -0.15) is 0 Å². The lowest BCUT2D eigenvalue weighted by atomic mass is 10.1. The van der Waals surface area contributed by atoms with Crippen molar-refractivity contribution in [2.75, 3.05) is 11.5 Å². The molecule has 0 amide bonds. The molecule has 0 bridgehead atoms. The number of ether oxygens (including phenoxy) is 2. The summed E-state index contributed by atoms with van der Waals surface area (Å²) in [6.07, 6.45) is 0. The molecule has 3 rings (SSSR count). The van der Waals surface area contributed by atoms with Crippen LogP contribution in [0.2, 0.25) is 0 Å².